The molecule has 1 N–H and O–H groups in total. The Hall–Kier alpha value is -2.35. The molecule has 0 atom stereocenters. The molecule has 0 heterocycles. The van der Waals surface area contributed by atoms with Gasteiger partial charge in [-0.2, -0.15) is 0 Å². The van der Waals surface area contributed by atoms with Gasteiger partial charge in [0.25, 0.3) is 0 Å². The molecule has 0 saturated heterocycles. The molecule has 2 rings (SSSR count). The Kier molecular flexibility index (Phi) is 3.36. The highest BCUT2D eigenvalue weighted by Gasteiger charge is 1.99. The monoisotopic (exact) mass is 224 g/mol. The van der Waals surface area contributed by atoms with E-state index in [9.17, 15) is 9.90 Å². The Morgan fingerprint density at radius 2 is 1.76 bits per heavy atom. The number of carbonyl (C=O) groups excluding carboxylic acids is 1. The summed E-state index contributed by atoms with van der Waals surface area (Å²) < 4.78 is 0. The Labute approximate surface area is 99.8 Å². The molecule has 0 aliphatic rings. The van der Waals surface area contributed by atoms with E-state index in [0.29, 0.717) is 5.56 Å². The van der Waals surface area contributed by atoms with Crippen LogP contribution < -0.4 is 0 Å². The predicted octanol–water partition coefficient (Wildman–Crippen LogP) is 3.29. The first kappa shape index (κ1) is 11.1. The third-order valence-electron chi connectivity index (χ3n) is 2.36. The highest BCUT2D eigenvalue weighted by atomic mass is 16.3. The SMILES string of the molecule is O=C(C=Cc1cccc(O)c1)c1ccccc1. The van der Waals surface area contributed by atoms with Crippen LogP contribution in [0.4, 0.5) is 0 Å². The molecule has 0 saturated carbocycles. The molecule has 84 valence electrons. The third-order valence-corrected chi connectivity index (χ3v) is 2.36. The second kappa shape index (κ2) is 5.12. The van der Waals surface area contributed by atoms with Crippen LogP contribution in [0.3, 0.4) is 0 Å². The van der Waals surface area contributed by atoms with Crippen LogP contribution in [0.1, 0.15) is 15.9 Å². The van der Waals surface area contributed by atoms with Gasteiger partial charge < -0.3 is 5.11 Å². The van der Waals surface area contributed by atoms with Gasteiger partial charge in [0.2, 0.25) is 0 Å². The van der Waals surface area contributed by atoms with Crippen molar-refractivity contribution < 1.29 is 9.90 Å². The third kappa shape index (κ3) is 3.05. The zero-order chi connectivity index (χ0) is 12.1. The number of allylic oxidation sites excluding steroid dienone is 1. The minimum atomic E-state index is -0.0473. The van der Waals surface area contributed by atoms with E-state index in [0.717, 1.165) is 5.56 Å². The minimum absolute atomic E-state index is 0.0473. The molecule has 0 aliphatic heterocycles. The number of hydrogen-bond acceptors (Lipinski definition) is 2. The molecule has 2 nitrogen and oxygen atoms in total. The van der Waals surface area contributed by atoms with Crippen molar-refractivity contribution >= 4 is 11.9 Å². The summed E-state index contributed by atoms with van der Waals surface area (Å²) in [5.74, 6) is 0.147. The van der Waals surface area contributed by atoms with Gasteiger partial charge in [0, 0.05) is 5.56 Å². The largest absolute Gasteiger partial charge is 0.508 e. The molecule has 0 radical (unpaired) electrons. The molecule has 0 aliphatic carbocycles. The van der Waals surface area contributed by atoms with Crippen LogP contribution in [0.5, 0.6) is 5.75 Å². The second-order valence-electron chi connectivity index (χ2n) is 3.66. The maximum atomic E-state index is 11.8. The second-order valence-corrected chi connectivity index (χ2v) is 3.66. The number of aromatic hydroxyl groups is 1. The molecular formula is C15H12O2. The van der Waals surface area contributed by atoms with E-state index < -0.39 is 0 Å². The normalized spacial score (nSPS) is 10.6. The van der Waals surface area contributed by atoms with Crippen LogP contribution in [0.25, 0.3) is 6.08 Å². The number of benzene rings is 2. The lowest BCUT2D eigenvalue weighted by Crippen LogP contribution is -1.92. The van der Waals surface area contributed by atoms with Gasteiger partial charge in [0.05, 0.1) is 0 Å². The van der Waals surface area contributed by atoms with E-state index in [1.54, 1.807) is 36.4 Å². The van der Waals surface area contributed by atoms with Gasteiger partial charge in [-0.15, -0.1) is 0 Å². The van der Waals surface area contributed by atoms with Crippen LogP contribution >= 0.6 is 0 Å². The van der Waals surface area contributed by atoms with Crippen LogP contribution in [-0.2, 0) is 0 Å². The van der Waals surface area contributed by atoms with E-state index in [1.807, 2.05) is 24.3 Å². The van der Waals surface area contributed by atoms with Crippen molar-refractivity contribution in [2.45, 2.75) is 0 Å². The summed E-state index contributed by atoms with van der Waals surface area (Å²) in [4.78, 5) is 11.8. The average molecular weight is 224 g/mol. The molecule has 2 heteroatoms. The van der Waals surface area contributed by atoms with Crippen LogP contribution in [0, 0.1) is 0 Å². The number of hydrogen-bond donors (Lipinski definition) is 1. The Bertz CT molecular complexity index is 542. The van der Waals surface area contributed by atoms with Crippen LogP contribution in [0.2, 0.25) is 0 Å². The zero-order valence-electron chi connectivity index (χ0n) is 9.21. The topological polar surface area (TPSA) is 37.3 Å². The Morgan fingerprint density at radius 3 is 2.47 bits per heavy atom. The predicted molar refractivity (Wildman–Crippen MR) is 67.9 cm³/mol. The summed E-state index contributed by atoms with van der Waals surface area (Å²) in [6.45, 7) is 0. The lowest BCUT2D eigenvalue weighted by atomic mass is 10.1. The molecule has 17 heavy (non-hydrogen) atoms. The van der Waals surface area contributed by atoms with E-state index in [2.05, 4.69) is 0 Å². The smallest absolute Gasteiger partial charge is 0.185 e. The van der Waals surface area contributed by atoms with E-state index >= 15 is 0 Å². The van der Waals surface area contributed by atoms with Gasteiger partial charge in [-0.1, -0.05) is 48.5 Å². The average Bonchev–Trinajstić information content (AvgIpc) is 2.37. The molecule has 0 unspecified atom stereocenters. The van der Waals surface area contributed by atoms with Crippen molar-refractivity contribution in [3.63, 3.8) is 0 Å². The molecule has 0 aromatic heterocycles. The van der Waals surface area contributed by atoms with Crippen molar-refractivity contribution in [2.24, 2.45) is 0 Å². The van der Waals surface area contributed by atoms with Crippen molar-refractivity contribution in [3.05, 3.63) is 71.8 Å². The van der Waals surface area contributed by atoms with Gasteiger partial charge >= 0.3 is 0 Å². The maximum Gasteiger partial charge on any atom is 0.185 e. The number of rotatable bonds is 3. The van der Waals surface area contributed by atoms with E-state index in [4.69, 9.17) is 0 Å². The summed E-state index contributed by atoms with van der Waals surface area (Å²) in [5.41, 5.74) is 1.46. The summed E-state index contributed by atoms with van der Waals surface area (Å²) in [6.07, 6.45) is 3.19. The van der Waals surface area contributed by atoms with E-state index in [-0.39, 0.29) is 11.5 Å². The summed E-state index contributed by atoms with van der Waals surface area (Å²) in [5, 5.41) is 9.28. The van der Waals surface area contributed by atoms with Crippen molar-refractivity contribution in [1.29, 1.82) is 0 Å². The van der Waals surface area contributed by atoms with E-state index in [1.165, 1.54) is 6.08 Å². The zero-order valence-corrected chi connectivity index (χ0v) is 9.21. The fourth-order valence-electron chi connectivity index (χ4n) is 1.50. The molecule has 0 bridgehead atoms. The lowest BCUT2D eigenvalue weighted by Gasteiger charge is -1.96. The lowest BCUT2D eigenvalue weighted by molar-refractivity contribution is 0.104. The fourth-order valence-corrected chi connectivity index (χ4v) is 1.50. The Balaban J connectivity index is 2.14. The van der Waals surface area contributed by atoms with Gasteiger partial charge in [0.15, 0.2) is 5.78 Å². The standard InChI is InChI=1S/C15H12O2/c16-14-8-4-5-12(11-14)9-10-15(17)13-6-2-1-3-7-13/h1-11,16H. The van der Waals surface area contributed by atoms with Crippen LogP contribution in [-0.4, -0.2) is 10.9 Å². The Morgan fingerprint density at radius 1 is 1.00 bits per heavy atom. The quantitative estimate of drug-likeness (QED) is 0.641. The highest BCUT2D eigenvalue weighted by Crippen LogP contribution is 2.12. The van der Waals surface area contributed by atoms with Crippen molar-refractivity contribution in [2.75, 3.05) is 0 Å². The first-order chi connectivity index (χ1) is 8.25. The number of phenols is 1. The number of phenolic OH excluding ortho intramolecular Hbond substituents is 1. The molecule has 0 amide bonds. The van der Waals surface area contributed by atoms with Crippen molar-refractivity contribution in [3.8, 4) is 5.75 Å². The number of carbonyl (C=O) groups is 1. The van der Waals surface area contributed by atoms with Gasteiger partial charge in [-0.25, -0.2) is 0 Å². The summed E-state index contributed by atoms with van der Waals surface area (Å²) in [6, 6.07) is 15.8. The molecule has 0 fully saturated rings. The minimum Gasteiger partial charge on any atom is -0.508 e. The number of ketones is 1. The molecular weight excluding hydrogens is 212 g/mol. The molecule has 2 aromatic rings. The fraction of sp³-hybridized carbons (Fsp3) is 0. The summed E-state index contributed by atoms with van der Waals surface area (Å²) in [7, 11) is 0. The van der Waals surface area contributed by atoms with Crippen molar-refractivity contribution in [1.82, 2.24) is 0 Å². The molecule has 2 aromatic carbocycles. The van der Waals surface area contributed by atoms with Gasteiger partial charge in [0.1, 0.15) is 5.75 Å². The van der Waals surface area contributed by atoms with Gasteiger partial charge in [-0.05, 0) is 23.8 Å². The first-order valence-corrected chi connectivity index (χ1v) is 5.32. The maximum absolute atomic E-state index is 11.8. The summed E-state index contributed by atoms with van der Waals surface area (Å²) >= 11 is 0. The molecule has 0 spiro atoms. The first-order valence-electron chi connectivity index (χ1n) is 5.32. The van der Waals surface area contributed by atoms with Crippen LogP contribution in [0.15, 0.2) is 60.7 Å². The highest BCUT2D eigenvalue weighted by molar-refractivity contribution is 6.06. The van der Waals surface area contributed by atoms with Gasteiger partial charge in [-0.3, -0.25) is 4.79 Å².